The summed E-state index contributed by atoms with van der Waals surface area (Å²) in [5.41, 5.74) is -0.429. The summed E-state index contributed by atoms with van der Waals surface area (Å²) in [6, 6.07) is 0. The highest BCUT2D eigenvalue weighted by Crippen LogP contribution is 2.14. The van der Waals surface area contributed by atoms with Crippen molar-refractivity contribution >= 4 is 11.9 Å². The van der Waals surface area contributed by atoms with Gasteiger partial charge in [0.05, 0.1) is 5.57 Å². The molecule has 0 aliphatic rings. The maximum absolute atomic E-state index is 10.6. The standard InChI is InChI=1S/C8H12O6/c1-2-3-4-5(7(9)10)6(14-13)8(11)12/h13H,2-4H2,1H3,(H,9,10)(H,11,12)/b6-5+. The van der Waals surface area contributed by atoms with E-state index in [1.165, 1.54) is 0 Å². The van der Waals surface area contributed by atoms with E-state index in [0.29, 0.717) is 6.42 Å². The first-order valence-electron chi connectivity index (χ1n) is 4.05. The molecule has 80 valence electrons. The van der Waals surface area contributed by atoms with Crippen LogP contribution < -0.4 is 0 Å². The SMILES string of the molecule is CCCC/C(C(=O)O)=C(\OO)C(=O)O. The van der Waals surface area contributed by atoms with E-state index in [-0.39, 0.29) is 6.42 Å². The number of hydrogen-bond acceptors (Lipinski definition) is 4. The van der Waals surface area contributed by atoms with Crippen molar-refractivity contribution in [3.63, 3.8) is 0 Å². The molecule has 0 aliphatic carbocycles. The minimum atomic E-state index is -1.60. The van der Waals surface area contributed by atoms with Crippen LogP contribution in [0.3, 0.4) is 0 Å². The Bertz CT molecular complexity index is 255. The molecule has 0 aliphatic heterocycles. The van der Waals surface area contributed by atoms with E-state index < -0.39 is 23.3 Å². The quantitative estimate of drug-likeness (QED) is 0.259. The maximum Gasteiger partial charge on any atom is 0.375 e. The fourth-order valence-corrected chi connectivity index (χ4v) is 0.894. The van der Waals surface area contributed by atoms with E-state index >= 15 is 0 Å². The summed E-state index contributed by atoms with van der Waals surface area (Å²) >= 11 is 0. The number of carbonyl (C=O) groups is 2. The first-order valence-corrected chi connectivity index (χ1v) is 4.05. The van der Waals surface area contributed by atoms with Gasteiger partial charge in [-0.2, -0.15) is 0 Å². The van der Waals surface area contributed by atoms with Crippen LogP contribution >= 0.6 is 0 Å². The lowest BCUT2D eigenvalue weighted by atomic mass is 10.1. The summed E-state index contributed by atoms with van der Waals surface area (Å²) in [6.07, 6.45) is 1.28. The number of aliphatic carboxylic acids is 2. The summed E-state index contributed by atoms with van der Waals surface area (Å²) in [7, 11) is 0. The Labute approximate surface area is 80.4 Å². The summed E-state index contributed by atoms with van der Waals surface area (Å²) < 4.78 is 0. The van der Waals surface area contributed by atoms with Gasteiger partial charge in [0, 0.05) is 0 Å². The molecule has 0 unspecified atom stereocenters. The second-order valence-electron chi connectivity index (χ2n) is 2.61. The number of hydrogen-bond donors (Lipinski definition) is 3. The van der Waals surface area contributed by atoms with Crippen LogP contribution in [-0.2, 0) is 14.5 Å². The van der Waals surface area contributed by atoms with Gasteiger partial charge >= 0.3 is 11.9 Å². The molecule has 0 radical (unpaired) electrons. The van der Waals surface area contributed by atoms with Gasteiger partial charge in [0.1, 0.15) is 0 Å². The second-order valence-corrected chi connectivity index (χ2v) is 2.61. The molecule has 6 nitrogen and oxygen atoms in total. The number of unbranched alkanes of at least 4 members (excludes halogenated alkanes) is 1. The molecule has 0 saturated heterocycles. The molecule has 0 heterocycles. The lowest BCUT2D eigenvalue weighted by molar-refractivity contribution is -0.212. The number of rotatable bonds is 6. The fraction of sp³-hybridized carbons (Fsp3) is 0.500. The maximum atomic E-state index is 10.6. The third-order valence-electron chi connectivity index (χ3n) is 1.60. The van der Waals surface area contributed by atoms with Crippen molar-refractivity contribution in [3.05, 3.63) is 11.3 Å². The van der Waals surface area contributed by atoms with Crippen LogP contribution in [0.25, 0.3) is 0 Å². The molecule has 6 heteroatoms. The molecule has 0 saturated carbocycles. The molecule has 0 aromatic rings. The van der Waals surface area contributed by atoms with Crippen molar-refractivity contribution in [1.29, 1.82) is 0 Å². The predicted molar refractivity (Wildman–Crippen MR) is 45.5 cm³/mol. The third kappa shape index (κ3) is 3.44. The zero-order valence-corrected chi connectivity index (χ0v) is 7.69. The lowest BCUT2D eigenvalue weighted by Crippen LogP contribution is -2.13. The van der Waals surface area contributed by atoms with Crippen LogP contribution in [0.4, 0.5) is 0 Å². The minimum absolute atomic E-state index is 0.0496. The van der Waals surface area contributed by atoms with Crippen LogP contribution in [0.15, 0.2) is 11.3 Å². The Morgan fingerprint density at radius 1 is 1.21 bits per heavy atom. The molecule has 14 heavy (non-hydrogen) atoms. The molecular weight excluding hydrogens is 192 g/mol. The zero-order chi connectivity index (χ0) is 11.1. The summed E-state index contributed by atoms with van der Waals surface area (Å²) in [5, 5.41) is 25.3. The van der Waals surface area contributed by atoms with Crippen molar-refractivity contribution in [2.45, 2.75) is 26.2 Å². The van der Waals surface area contributed by atoms with Crippen molar-refractivity contribution in [1.82, 2.24) is 0 Å². The van der Waals surface area contributed by atoms with E-state index in [1.807, 2.05) is 6.92 Å². The summed E-state index contributed by atoms with van der Waals surface area (Å²) in [4.78, 5) is 24.6. The summed E-state index contributed by atoms with van der Waals surface area (Å²) in [5.74, 6) is -3.92. The summed E-state index contributed by atoms with van der Waals surface area (Å²) in [6.45, 7) is 1.83. The fourth-order valence-electron chi connectivity index (χ4n) is 0.894. The van der Waals surface area contributed by atoms with Gasteiger partial charge in [-0.3, -0.25) is 0 Å². The van der Waals surface area contributed by atoms with Gasteiger partial charge in [0.2, 0.25) is 0 Å². The highest BCUT2D eigenvalue weighted by atomic mass is 17.1. The van der Waals surface area contributed by atoms with Crippen molar-refractivity contribution < 1.29 is 29.9 Å². The van der Waals surface area contributed by atoms with Crippen LogP contribution in [0, 0.1) is 0 Å². The molecule has 0 aromatic heterocycles. The van der Waals surface area contributed by atoms with Crippen molar-refractivity contribution in [2.75, 3.05) is 0 Å². The van der Waals surface area contributed by atoms with E-state index in [1.54, 1.807) is 0 Å². The first kappa shape index (κ1) is 12.4. The van der Waals surface area contributed by atoms with Crippen LogP contribution in [0.5, 0.6) is 0 Å². The largest absolute Gasteiger partial charge is 0.478 e. The van der Waals surface area contributed by atoms with E-state index in [4.69, 9.17) is 15.5 Å². The van der Waals surface area contributed by atoms with Gasteiger partial charge in [-0.25, -0.2) is 14.8 Å². The molecule has 3 N–H and O–H groups in total. The Kier molecular flexibility index (Phi) is 5.31. The van der Waals surface area contributed by atoms with E-state index in [2.05, 4.69) is 4.89 Å². The molecule has 0 amide bonds. The molecule has 0 bridgehead atoms. The average Bonchev–Trinajstić information content (AvgIpc) is 2.10. The van der Waals surface area contributed by atoms with Crippen molar-refractivity contribution in [2.24, 2.45) is 0 Å². The van der Waals surface area contributed by atoms with Crippen LogP contribution in [0.1, 0.15) is 26.2 Å². The second kappa shape index (κ2) is 5.98. The topological polar surface area (TPSA) is 104 Å². The van der Waals surface area contributed by atoms with E-state index in [0.717, 1.165) is 6.42 Å². The average molecular weight is 204 g/mol. The van der Waals surface area contributed by atoms with E-state index in [9.17, 15) is 9.59 Å². The molecule has 0 aromatic carbocycles. The Morgan fingerprint density at radius 2 is 1.79 bits per heavy atom. The highest BCUT2D eigenvalue weighted by molar-refractivity contribution is 5.97. The molecule has 0 spiro atoms. The Balaban J connectivity index is 4.89. The zero-order valence-electron chi connectivity index (χ0n) is 7.69. The Morgan fingerprint density at radius 3 is 2.07 bits per heavy atom. The monoisotopic (exact) mass is 204 g/mol. The predicted octanol–water partition coefficient (Wildman–Crippen LogP) is 1.09. The lowest BCUT2D eigenvalue weighted by Gasteiger charge is -2.04. The normalized spacial score (nSPS) is 11.9. The van der Waals surface area contributed by atoms with Crippen LogP contribution in [0.2, 0.25) is 0 Å². The van der Waals surface area contributed by atoms with Crippen molar-refractivity contribution in [3.8, 4) is 0 Å². The first-order chi connectivity index (χ1) is 6.54. The minimum Gasteiger partial charge on any atom is -0.478 e. The smallest absolute Gasteiger partial charge is 0.375 e. The third-order valence-corrected chi connectivity index (χ3v) is 1.60. The van der Waals surface area contributed by atoms with Gasteiger partial charge in [0.15, 0.2) is 0 Å². The number of carboxylic acids is 2. The van der Waals surface area contributed by atoms with Gasteiger partial charge in [-0.15, -0.1) is 0 Å². The van der Waals surface area contributed by atoms with Gasteiger partial charge in [-0.1, -0.05) is 13.3 Å². The molecular formula is C8H12O6. The number of carboxylic acid groups (broad SMARTS) is 2. The highest BCUT2D eigenvalue weighted by Gasteiger charge is 2.21. The molecule has 0 atom stereocenters. The van der Waals surface area contributed by atoms with Gasteiger partial charge in [0.25, 0.3) is 5.76 Å². The van der Waals surface area contributed by atoms with Gasteiger partial charge in [-0.05, 0) is 12.8 Å². The van der Waals surface area contributed by atoms with Gasteiger partial charge < -0.3 is 15.1 Å². The van der Waals surface area contributed by atoms with Crippen LogP contribution in [-0.4, -0.2) is 27.4 Å². The molecule has 0 rings (SSSR count). The Hall–Kier alpha value is -1.56. The molecule has 0 fully saturated rings.